The molecular formula is C71H114ClF3N12O13. The topological polar surface area (TPSA) is 279 Å². The quantitative estimate of drug-likeness (QED) is 0.232. The lowest BCUT2D eigenvalue weighted by Gasteiger charge is -2.42. The van der Waals surface area contributed by atoms with Gasteiger partial charge in [0.15, 0.2) is 0 Å². The Morgan fingerprint density at radius 1 is 0.610 bits per heavy atom. The minimum absolute atomic E-state index is 0.00102. The molecule has 0 aromatic rings. The molecule has 564 valence electrons. The Bertz CT molecular complexity index is 2900. The molecular weight excluding hydrogens is 1320 g/mol. The van der Waals surface area contributed by atoms with Gasteiger partial charge in [-0.25, -0.2) is 0 Å². The smallest absolute Gasteiger partial charge is 0.378 e. The van der Waals surface area contributed by atoms with E-state index in [1.54, 1.807) is 6.92 Å². The van der Waals surface area contributed by atoms with Gasteiger partial charge in [0.25, 0.3) is 0 Å². The number of ether oxygens (including phenoxy) is 1. The van der Waals surface area contributed by atoms with Crippen molar-refractivity contribution in [2.45, 2.75) is 241 Å². The Balaban J connectivity index is 1.27. The first-order chi connectivity index (χ1) is 47.2. The van der Waals surface area contributed by atoms with Crippen LogP contribution in [0.15, 0.2) is 0 Å². The SMILES string of the molecule is CC[C@H](C)[C@@H]1NC(=O)[C@H](CC(C)C)N(C)C(=O)C[C@@H](C(=O)N2CCOCC2)N(C)C(=O)[C@H](C2CCCC2)N(C)C(=O)C2(CCCC2)NC(=O)[C@@H]2CCCN2C(=O)[C@H](CCC2CCC(C(F)(F)F)C(Cl)C2)NC(=O)CN(C)C(=O)[C@H](CC2CCCCC2)N(C)C(=O)CN(C)C(=O)CN(C)C1=O. The second-order valence-electron chi connectivity index (χ2n) is 30.4. The molecule has 7 aliphatic rings. The van der Waals surface area contributed by atoms with E-state index >= 15 is 28.8 Å². The lowest BCUT2D eigenvalue weighted by Crippen LogP contribution is -2.65. The van der Waals surface area contributed by atoms with Crippen molar-refractivity contribution >= 4 is 82.5 Å². The van der Waals surface area contributed by atoms with E-state index in [-0.39, 0.29) is 115 Å². The van der Waals surface area contributed by atoms with Crippen molar-refractivity contribution < 1.29 is 75.4 Å². The molecule has 0 aromatic carbocycles. The zero-order valence-corrected chi connectivity index (χ0v) is 61.8. The molecule has 1 spiro atoms. The minimum atomic E-state index is -4.51. The summed E-state index contributed by atoms with van der Waals surface area (Å²) in [6, 6.07) is -8.63. The number of morpholine rings is 1. The van der Waals surface area contributed by atoms with Crippen LogP contribution in [-0.4, -0.2) is 276 Å². The molecule has 100 heavy (non-hydrogen) atoms. The largest absolute Gasteiger partial charge is 0.393 e. The Hall–Kier alpha value is -6.32. The molecule has 3 aliphatic heterocycles. The summed E-state index contributed by atoms with van der Waals surface area (Å²) < 4.78 is 47.6. The number of hydrogen-bond donors (Lipinski definition) is 3. The van der Waals surface area contributed by atoms with Gasteiger partial charge < -0.3 is 64.8 Å². The van der Waals surface area contributed by atoms with E-state index in [0.29, 0.717) is 38.5 Å². The number of rotatable bonds is 11. The van der Waals surface area contributed by atoms with Gasteiger partial charge in [-0.15, -0.1) is 11.6 Å². The molecule has 3 N–H and O–H groups in total. The number of carbonyl (C=O) groups excluding carboxylic acids is 12. The van der Waals surface area contributed by atoms with Crippen molar-refractivity contribution in [3.8, 4) is 0 Å². The van der Waals surface area contributed by atoms with Crippen LogP contribution < -0.4 is 16.0 Å². The summed E-state index contributed by atoms with van der Waals surface area (Å²) in [6.45, 7) is 6.47. The second-order valence-corrected chi connectivity index (χ2v) is 31.0. The number of fused-ring (bicyclic) bond motifs is 1. The molecule has 3 unspecified atom stereocenters. The molecule has 0 bridgehead atoms. The van der Waals surface area contributed by atoms with Crippen molar-refractivity contribution in [3.63, 3.8) is 0 Å². The molecule has 3 heterocycles. The number of hydrogen-bond acceptors (Lipinski definition) is 13. The van der Waals surface area contributed by atoms with Crippen molar-refractivity contribution in [1.82, 2.24) is 60.0 Å². The molecule has 4 aliphatic carbocycles. The Morgan fingerprint density at radius 3 is 1.83 bits per heavy atom. The van der Waals surface area contributed by atoms with Crippen LogP contribution in [0, 0.1) is 35.5 Å². The van der Waals surface area contributed by atoms with Gasteiger partial charge in [0.05, 0.1) is 45.2 Å². The fourth-order valence-corrected chi connectivity index (χ4v) is 16.8. The Morgan fingerprint density at radius 2 is 1.22 bits per heavy atom. The van der Waals surface area contributed by atoms with E-state index in [2.05, 4.69) is 16.0 Å². The van der Waals surface area contributed by atoms with Gasteiger partial charge in [0.1, 0.15) is 47.8 Å². The van der Waals surface area contributed by atoms with Gasteiger partial charge >= 0.3 is 6.18 Å². The van der Waals surface area contributed by atoms with E-state index in [1.807, 2.05) is 20.8 Å². The monoisotopic (exact) mass is 1430 g/mol. The molecule has 3 saturated heterocycles. The number of halogens is 4. The predicted molar refractivity (Wildman–Crippen MR) is 367 cm³/mol. The molecule has 7 fully saturated rings. The summed E-state index contributed by atoms with van der Waals surface area (Å²) in [6.07, 6.45) is 4.59. The van der Waals surface area contributed by atoms with Gasteiger partial charge in [-0.2, -0.15) is 13.2 Å². The third-order valence-electron chi connectivity index (χ3n) is 22.9. The van der Waals surface area contributed by atoms with Crippen LogP contribution in [-0.2, 0) is 62.3 Å². The molecule has 0 aromatic heterocycles. The van der Waals surface area contributed by atoms with Gasteiger partial charge in [0.2, 0.25) is 70.9 Å². The van der Waals surface area contributed by atoms with Crippen molar-refractivity contribution in [2.75, 3.05) is 102 Å². The molecule has 4 saturated carbocycles. The van der Waals surface area contributed by atoms with E-state index in [1.165, 1.54) is 78.7 Å². The van der Waals surface area contributed by atoms with E-state index < -0.39 is 174 Å². The van der Waals surface area contributed by atoms with Crippen molar-refractivity contribution in [1.29, 1.82) is 0 Å². The van der Waals surface area contributed by atoms with E-state index in [9.17, 15) is 41.9 Å². The Kier molecular flexibility index (Phi) is 29.3. The number of carbonyl (C=O) groups is 12. The standard InChI is InChI=1S/C71H114ClF3N12O13/c1-12-45(4)60-67(97)81(7)42-58(90)79(5)43-59(91)83(9)54(39-46-21-14-13-15-22-46)65(95)80(6)41-56(88)76-51(29-27-47-26-28-49(50(72)38-47)71(73,74)75)64(94)87-32-20-25-52(87)63(93)78-70(30-18-19-31-70)69(99)85(11)61(48-23-16-17-24-48)68(98)84(10)55(66(96)86-33-35-100-36-34-86)40-57(89)82(8)53(37-44(2)3)62(92)77-60/h44-55,60-61H,12-43H2,1-11H3,(H,76,88)(H,77,92)(H,78,93)/t45-,47?,49?,50?,51-,52-,53-,54-,55-,60-,61-/m0/s1. The lowest BCUT2D eigenvalue weighted by molar-refractivity contribution is -0.182. The molecule has 25 nitrogen and oxygen atoms in total. The average Bonchev–Trinajstić information content (AvgIpc) is 1.49. The number of alkyl halides is 4. The first-order valence-corrected chi connectivity index (χ1v) is 37.2. The second kappa shape index (κ2) is 36.2. The summed E-state index contributed by atoms with van der Waals surface area (Å²) >= 11 is 6.40. The van der Waals surface area contributed by atoms with Crippen molar-refractivity contribution in [2.24, 2.45) is 35.5 Å². The number of likely N-dealkylation sites (N-methyl/N-ethyl adjacent to an activating group) is 7. The fraction of sp³-hybridized carbons (Fsp3) is 0.831. The van der Waals surface area contributed by atoms with Crippen LogP contribution in [0.3, 0.4) is 0 Å². The van der Waals surface area contributed by atoms with E-state index in [0.717, 1.165) is 59.6 Å². The molecule has 0 radical (unpaired) electrons. The van der Waals surface area contributed by atoms with Crippen LogP contribution in [0.2, 0.25) is 0 Å². The average molecular weight is 1440 g/mol. The molecule has 7 rings (SSSR count). The Labute approximate surface area is 594 Å². The zero-order chi connectivity index (χ0) is 73.7. The maximum atomic E-state index is 15.7. The van der Waals surface area contributed by atoms with Gasteiger partial charge in [-0.1, -0.05) is 91.9 Å². The van der Waals surface area contributed by atoms with Crippen molar-refractivity contribution in [3.05, 3.63) is 0 Å². The fourth-order valence-electron chi connectivity index (χ4n) is 16.3. The van der Waals surface area contributed by atoms with Crippen LogP contribution in [0.25, 0.3) is 0 Å². The van der Waals surface area contributed by atoms with Crippen LogP contribution >= 0.6 is 11.6 Å². The van der Waals surface area contributed by atoms with Gasteiger partial charge in [0, 0.05) is 74.3 Å². The highest BCUT2D eigenvalue weighted by molar-refractivity contribution is 6.21. The molecule has 29 heteroatoms. The number of nitrogens with one attached hydrogen (secondary N) is 3. The third kappa shape index (κ3) is 20.3. The number of nitrogens with zero attached hydrogens (tertiary/aromatic N) is 9. The normalized spacial score (nSPS) is 30.0. The summed E-state index contributed by atoms with van der Waals surface area (Å²) in [4.78, 5) is 191. The summed E-state index contributed by atoms with van der Waals surface area (Å²) in [5.41, 5.74) is -1.56. The minimum Gasteiger partial charge on any atom is -0.378 e. The first kappa shape index (κ1) is 81.0. The third-order valence-corrected chi connectivity index (χ3v) is 23.3. The molecule has 12 amide bonds. The van der Waals surface area contributed by atoms with Crippen LogP contribution in [0.4, 0.5) is 13.2 Å². The summed E-state index contributed by atoms with van der Waals surface area (Å²) in [5, 5.41) is 7.60. The maximum Gasteiger partial charge on any atom is 0.393 e. The summed E-state index contributed by atoms with van der Waals surface area (Å²) in [7, 11) is 10.00. The highest BCUT2D eigenvalue weighted by Gasteiger charge is 2.52. The first-order valence-electron chi connectivity index (χ1n) is 36.8. The highest BCUT2D eigenvalue weighted by atomic mass is 35.5. The lowest BCUT2D eigenvalue weighted by atomic mass is 9.78. The van der Waals surface area contributed by atoms with Gasteiger partial charge in [-0.05, 0) is 113 Å². The number of amides is 12. The van der Waals surface area contributed by atoms with Crippen LogP contribution in [0.1, 0.15) is 182 Å². The maximum absolute atomic E-state index is 15.7. The molecule has 11 atom stereocenters. The predicted octanol–water partition coefficient (Wildman–Crippen LogP) is 4.94. The van der Waals surface area contributed by atoms with Gasteiger partial charge in [-0.3, -0.25) is 57.5 Å². The van der Waals surface area contributed by atoms with E-state index in [4.69, 9.17) is 16.3 Å². The zero-order valence-electron chi connectivity index (χ0n) is 61.1. The summed E-state index contributed by atoms with van der Waals surface area (Å²) in [5.74, 6) is -10.8. The van der Waals surface area contributed by atoms with Crippen LogP contribution in [0.5, 0.6) is 0 Å². The highest BCUT2D eigenvalue weighted by Crippen LogP contribution is 2.44.